The second-order valence-electron chi connectivity index (χ2n) is 3.91. The van der Waals surface area contributed by atoms with E-state index in [4.69, 9.17) is 0 Å². The summed E-state index contributed by atoms with van der Waals surface area (Å²) in [4.78, 5) is 27.1. The average Bonchev–Trinajstić information content (AvgIpc) is 2.37. The fraction of sp³-hybridized carbons (Fsp3) is 0. The van der Waals surface area contributed by atoms with Gasteiger partial charge >= 0.3 is 7.60 Å². The van der Waals surface area contributed by atoms with Crippen LogP contribution in [0.15, 0.2) is 42.7 Å². The highest BCUT2D eigenvalue weighted by atomic mass is 31.2. The van der Waals surface area contributed by atoms with Crippen molar-refractivity contribution in [1.82, 2.24) is 9.97 Å². The van der Waals surface area contributed by atoms with Crippen LogP contribution in [-0.4, -0.2) is 19.8 Å². The summed E-state index contributed by atoms with van der Waals surface area (Å²) in [6.45, 7) is 0. The zero-order valence-electron chi connectivity index (χ0n) is 9.19. The zero-order chi connectivity index (χ0) is 12.8. The molecule has 0 amide bonds. The van der Waals surface area contributed by atoms with Crippen molar-refractivity contribution in [2.45, 2.75) is 0 Å². The van der Waals surface area contributed by atoms with Gasteiger partial charge in [0.2, 0.25) is 0 Å². The van der Waals surface area contributed by atoms with E-state index < -0.39 is 7.60 Å². The summed E-state index contributed by atoms with van der Waals surface area (Å²) < 4.78 is 11.5. The van der Waals surface area contributed by atoms with Gasteiger partial charge in [-0.05, 0) is 24.3 Å². The summed E-state index contributed by atoms with van der Waals surface area (Å²) in [5.74, 6) is 0. The fourth-order valence-corrected chi connectivity index (χ4v) is 2.76. The molecular weight excluding hydrogens is 251 g/mol. The maximum Gasteiger partial charge on any atom is 0.358 e. The Morgan fingerprint density at radius 1 is 1.00 bits per heavy atom. The number of hydrogen-bond donors (Lipinski definition) is 2. The van der Waals surface area contributed by atoms with Gasteiger partial charge in [0.1, 0.15) is 0 Å². The summed E-state index contributed by atoms with van der Waals surface area (Å²) in [7, 11) is -4.36. The lowest BCUT2D eigenvalue weighted by atomic mass is 10.1. The molecule has 0 unspecified atom stereocenters. The SMILES string of the molecule is O=P(O)(O)c1cc2cccnc2c2cccnc12. The van der Waals surface area contributed by atoms with Gasteiger partial charge in [0.05, 0.1) is 16.3 Å². The van der Waals surface area contributed by atoms with Crippen molar-refractivity contribution in [3.8, 4) is 0 Å². The largest absolute Gasteiger partial charge is 0.358 e. The standard InChI is InChI=1S/C12H9N2O3P/c15-18(16,17)10-7-8-3-1-5-13-11(8)9-4-2-6-14-12(9)10/h1-7H,(H2,15,16,17). The van der Waals surface area contributed by atoms with Gasteiger partial charge in [-0.2, -0.15) is 0 Å². The number of nitrogens with zero attached hydrogens (tertiary/aromatic N) is 2. The van der Waals surface area contributed by atoms with Crippen LogP contribution in [0.3, 0.4) is 0 Å². The Bertz CT molecular complexity index is 798. The van der Waals surface area contributed by atoms with Crippen LogP contribution in [0.2, 0.25) is 0 Å². The molecule has 0 aliphatic rings. The quantitative estimate of drug-likeness (QED) is 0.512. The molecule has 0 atom stereocenters. The molecule has 3 rings (SSSR count). The second-order valence-corrected chi connectivity index (χ2v) is 5.48. The van der Waals surface area contributed by atoms with E-state index in [-0.39, 0.29) is 5.30 Å². The van der Waals surface area contributed by atoms with Crippen molar-refractivity contribution in [3.63, 3.8) is 0 Å². The van der Waals surface area contributed by atoms with Crippen LogP contribution in [0.4, 0.5) is 0 Å². The molecule has 0 aliphatic carbocycles. The van der Waals surface area contributed by atoms with Gasteiger partial charge in [0.15, 0.2) is 0 Å². The third-order valence-corrected chi connectivity index (χ3v) is 3.72. The molecule has 0 bridgehead atoms. The van der Waals surface area contributed by atoms with Gasteiger partial charge in [-0.3, -0.25) is 14.5 Å². The van der Waals surface area contributed by atoms with Gasteiger partial charge in [0, 0.05) is 23.2 Å². The number of rotatable bonds is 1. The van der Waals surface area contributed by atoms with E-state index in [1.165, 1.54) is 12.3 Å². The Kier molecular flexibility index (Phi) is 2.41. The Labute approximate surface area is 102 Å². The van der Waals surface area contributed by atoms with Crippen molar-refractivity contribution < 1.29 is 14.4 Å². The number of fused-ring (bicyclic) bond motifs is 3. The minimum atomic E-state index is -4.36. The molecule has 18 heavy (non-hydrogen) atoms. The number of aromatic nitrogens is 2. The molecule has 5 nitrogen and oxygen atoms in total. The number of benzene rings is 1. The molecule has 0 aliphatic heterocycles. The molecule has 90 valence electrons. The Hall–Kier alpha value is -1.81. The molecular formula is C12H9N2O3P. The van der Waals surface area contributed by atoms with Gasteiger partial charge in [0.25, 0.3) is 0 Å². The molecule has 2 heterocycles. The molecule has 0 saturated heterocycles. The molecule has 6 heteroatoms. The van der Waals surface area contributed by atoms with Gasteiger partial charge < -0.3 is 9.79 Å². The third-order valence-electron chi connectivity index (χ3n) is 2.75. The van der Waals surface area contributed by atoms with Crippen LogP contribution < -0.4 is 5.30 Å². The maximum atomic E-state index is 11.5. The van der Waals surface area contributed by atoms with Crippen LogP contribution in [0, 0.1) is 0 Å². The average molecular weight is 260 g/mol. The molecule has 0 radical (unpaired) electrons. The smallest absolute Gasteiger partial charge is 0.321 e. The molecule has 0 saturated carbocycles. The number of hydrogen-bond acceptors (Lipinski definition) is 3. The van der Waals surface area contributed by atoms with Crippen molar-refractivity contribution in [3.05, 3.63) is 42.7 Å². The second kappa shape index (κ2) is 3.85. The first-order valence-electron chi connectivity index (χ1n) is 5.26. The molecule has 1 aromatic carbocycles. The lowest BCUT2D eigenvalue weighted by Crippen LogP contribution is -2.07. The first kappa shape index (κ1) is 11.3. The fourth-order valence-electron chi connectivity index (χ4n) is 2.00. The van der Waals surface area contributed by atoms with E-state index in [9.17, 15) is 14.4 Å². The summed E-state index contributed by atoms with van der Waals surface area (Å²) >= 11 is 0. The highest BCUT2D eigenvalue weighted by Crippen LogP contribution is 2.37. The van der Waals surface area contributed by atoms with Crippen LogP contribution in [0.5, 0.6) is 0 Å². The summed E-state index contributed by atoms with van der Waals surface area (Å²) in [6.07, 6.45) is 3.15. The first-order chi connectivity index (χ1) is 8.57. The number of pyridine rings is 2. The highest BCUT2D eigenvalue weighted by molar-refractivity contribution is 7.60. The summed E-state index contributed by atoms with van der Waals surface area (Å²) in [5.41, 5.74) is 0.995. The van der Waals surface area contributed by atoms with Crippen LogP contribution in [-0.2, 0) is 4.57 Å². The Balaban J connectivity index is 2.59. The summed E-state index contributed by atoms with van der Waals surface area (Å²) in [5, 5.41) is 1.28. The topological polar surface area (TPSA) is 83.3 Å². The minimum absolute atomic E-state index is 0.0569. The van der Waals surface area contributed by atoms with E-state index in [2.05, 4.69) is 9.97 Å². The molecule has 3 aromatic rings. The molecule has 2 N–H and O–H groups in total. The van der Waals surface area contributed by atoms with Crippen LogP contribution in [0.25, 0.3) is 21.8 Å². The van der Waals surface area contributed by atoms with E-state index in [0.29, 0.717) is 21.8 Å². The lowest BCUT2D eigenvalue weighted by Gasteiger charge is -2.09. The van der Waals surface area contributed by atoms with E-state index in [1.54, 1.807) is 30.5 Å². The van der Waals surface area contributed by atoms with Crippen molar-refractivity contribution in [1.29, 1.82) is 0 Å². The summed E-state index contributed by atoms with van der Waals surface area (Å²) in [6, 6.07) is 8.44. The zero-order valence-corrected chi connectivity index (χ0v) is 10.1. The Morgan fingerprint density at radius 2 is 1.67 bits per heavy atom. The lowest BCUT2D eigenvalue weighted by molar-refractivity contribution is 0.387. The predicted molar refractivity (Wildman–Crippen MR) is 68.7 cm³/mol. The third kappa shape index (κ3) is 1.69. The maximum absolute atomic E-state index is 11.5. The van der Waals surface area contributed by atoms with E-state index in [0.717, 1.165) is 0 Å². The van der Waals surface area contributed by atoms with Crippen LogP contribution in [0.1, 0.15) is 0 Å². The van der Waals surface area contributed by atoms with E-state index in [1.807, 2.05) is 0 Å². The van der Waals surface area contributed by atoms with E-state index >= 15 is 0 Å². The normalized spacial score (nSPS) is 12.1. The highest BCUT2D eigenvalue weighted by Gasteiger charge is 2.22. The van der Waals surface area contributed by atoms with Gasteiger partial charge in [-0.15, -0.1) is 0 Å². The molecule has 0 spiro atoms. The van der Waals surface area contributed by atoms with Gasteiger partial charge in [-0.25, -0.2) is 0 Å². The van der Waals surface area contributed by atoms with Crippen molar-refractivity contribution in [2.24, 2.45) is 0 Å². The first-order valence-corrected chi connectivity index (χ1v) is 6.87. The van der Waals surface area contributed by atoms with Crippen molar-refractivity contribution >= 4 is 34.7 Å². The van der Waals surface area contributed by atoms with Crippen LogP contribution >= 0.6 is 7.60 Å². The minimum Gasteiger partial charge on any atom is -0.321 e. The van der Waals surface area contributed by atoms with Gasteiger partial charge in [-0.1, -0.05) is 6.07 Å². The Morgan fingerprint density at radius 3 is 2.39 bits per heavy atom. The monoisotopic (exact) mass is 260 g/mol. The molecule has 2 aromatic heterocycles. The molecule has 0 fully saturated rings. The van der Waals surface area contributed by atoms with Crippen molar-refractivity contribution in [2.75, 3.05) is 0 Å². The predicted octanol–water partition coefficient (Wildman–Crippen LogP) is 1.59.